The zero-order valence-corrected chi connectivity index (χ0v) is 30.0. The van der Waals surface area contributed by atoms with Crippen molar-refractivity contribution in [2.24, 2.45) is 0 Å². The molecule has 0 spiro atoms. The molecule has 0 saturated carbocycles. The second-order valence-corrected chi connectivity index (χ2v) is 11.9. The van der Waals surface area contributed by atoms with Gasteiger partial charge in [-0.05, 0) is 59.7 Å². The maximum Gasteiger partial charge on any atom is 0.308 e. The van der Waals surface area contributed by atoms with E-state index in [4.69, 9.17) is 37.9 Å². The summed E-state index contributed by atoms with van der Waals surface area (Å²) < 4.78 is 44.8. The Morgan fingerprint density at radius 1 is 0.426 bits per heavy atom. The number of fused-ring (bicyclic) bond motifs is 1. The Balaban J connectivity index is 1.59. The second kappa shape index (κ2) is 16.6. The standard InChI is InChI=1S/C40H34O14/c1-21(41)47-31-13-28(14-32(19-31)48-22(2)42)8-7-27-9-11-36-37(15-27)54-40(30-16-33(49-23(3)43)20-34(17-30)50-24(4)44)39(53-36)29-10-12-35(51-25(5)45)38(18-29)52-26(6)46/h7-20,39-40H,1-6H3/b8-7+. The quantitative estimate of drug-likeness (QED) is 0.0958. The van der Waals surface area contributed by atoms with Gasteiger partial charge < -0.3 is 37.9 Å². The van der Waals surface area contributed by atoms with E-state index in [2.05, 4.69) is 0 Å². The van der Waals surface area contributed by atoms with Gasteiger partial charge in [0.15, 0.2) is 35.2 Å². The Morgan fingerprint density at radius 3 is 1.39 bits per heavy atom. The van der Waals surface area contributed by atoms with E-state index < -0.39 is 48.0 Å². The molecule has 0 fully saturated rings. The van der Waals surface area contributed by atoms with Gasteiger partial charge in [0, 0.05) is 64.8 Å². The lowest BCUT2D eigenvalue weighted by molar-refractivity contribution is -0.134. The largest absolute Gasteiger partial charge is 0.478 e. The Kier molecular flexibility index (Phi) is 11.8. The summed E-state index contributed by atoms with van der Waals surface area (Å²) in [5.41, 5.74) is 2.02. The van der Waals surface area contributed by atoms with Crippen LogP contribution in [0.1, 0.15) is 76.0 Å². The van der Waals surface area contributed by atoms with Gasteiger partial charge in [-0.1, -0.05) is 24.3 Å². The van der Waals surface area contributed by atoms with Gasteiger partial charge in [0.25, 0.3) is 0 Å². The van der Waals surface area contributed by atoms with E-state index in [-0.39, 0.29) is 34.5 Å². The smallest absolute Gasteiger partial charge is 0.308 e. The average molecular weight is 739 g/mol. The molecule has 0 saturated heterocycles. The van der Waals surface area contributed by atoms with Gasteiger partial charge in [-0.15, -0.1) is 0 Å². The number of hydrogen-bond donors (Lipinski definition) is 0. The second-order valence-electron chi connectivity index (χ2n) is 11.9. The topological polar surface area (TPSA) is 176 Å². The number of rotatable bonds is 10. The fourth-order valence-corrected chi connectivity index (χ4v) is 5.42. The van der Waals surface area contributed by atoms with E-state index in [9.17, 15) is 28.8 Å². The summed E-state index contributed by atoms with van der Waals surface area (Å²) in [6.45, 7) is 7.34. The first-order valence-corrected chi connectivity index (χ1v) is 16.3. The maximum absolute atomic E-state index is 12.0. The fraction of sp³-hybridized carbons (Fsp3) is 0.200. The van der Waals surface area contributed by atoms with Crippen molar-refractivity contribution < 1.29 is 66.7 Å². The van der Waals surface area contributed by atoms with Crippen LogP contribution in [-0.2, 0) is 28.8 Å². The monoisotopic (exact) mass is 738 g/mol. The predicted molar refractivity (Wildman–Crippen MR) is 189 cm³/mol. The van der Waals surface area contributed by atoms with Crippen LogP contribution < -0.4 is 37.9 Å². The van der Waals surface area contributed by atoms with Gasteiger partial charge in [0.1, 0.15) is 23.0 Å². The van der Waals surface area contributed by atoms with Crippen LogP contribution in [0.25, 0.3) is 12.2 Å². The maximum atomic E-state index is 12.0. The lowest BCUT2D eigenvalue weighted by Crippen LogP contribution is -2.27. The van der Waals surface area contributed by atoms with E-state index in [1.54, 1.807) is 48.6 Å². The molecule has 0 aliphatic carbocycles. The highest BCUT2D eigenvalue weighted by Gasteiger charge is 2.36. The minimum absolute atomic E-state index is 0.000994. The number of carbonyl (C=O) groups is 6. The molecular formula is C40H34O14. The molecule has 14 heteroatoms. The summed E-state index contributed by atoms with van der Waals surface area (Å²) in [5, 5.41) is 0. The molecule has 1 aliphatic rings. The van der Waals surface area contributed by atoms with E-state index in [0.29, 0.717) is 33.8 Å². The molecule has 14 nitrogen and oxygen atoms in total. The molecule has 2 atom stereocenters. The number of hydrogen-bond acceptors (Lipinski definition) is 14. The van der Waals surface area contributed by atoms with E-state index in [1.807, 2.05) is 0 Å². The Bertz CT molecular complexity index is 2110. The summed E-state index contributed by atoms with van der Waals surface area (Å²) >= 11 is 0. The number of ether oxygens (including phenoxy) is 8. The summed E-state index contributed by atoms with van der Waals surface area (Å²) in [5.74, 6) is -2.56. The molecule has 54 heavy (non-hydrogen) atoms. The molecule has 0 amide bonds. The van der Waals surface area contributed by atoms with Gasteiger partial charge in [-0.25, -0.2) is 0 Å². The van der Waals surface area contributed by atoms with E-state index in [1.165, 1.54) is 77.9 Å². The van der Waals surface area contributed by atoms with Crippen LogP contribution in [-0.4, -0.2) is 35.8 Å². The highest BCUT2D eigenvalue weighted by atomic mass is 16.6. The van der Waals surface area contributed by atoms with Crippen molar-refractivity contribution in [3.63, 3.8) is 0 Å². The van der Waals surface area contributed by atoms with Crippen LogP contribution in [0.15, 0.2) is 72.8 Å². The lowest BCUT2D eigenvalue weighted by Gasteiger charge is -2.35. The minimum atomic E-state index is -1.00. The summed E-state index contributed by atoms with van der Waals surface area (Å²) in [7, 11) is 0. The fourth-order valence-electron chi connectivity index (χ4n) is 5.42. The third kappa shape index (κ3) is 10.3. The van der Waals surface area contributed by atoms with Gasteiger partial charge in [-0.2, -0.15) is 0 Å². The van der Waals surface area contributed by atoms with E-state index >= 15 is 0 Å². The van der Waals surface area contributed by atoms with Crippen molar-refractivity contribution in [3.05, 3.63) is 95.1 Å². The molecular weight excluding hydrogens is 704 g/mol. The molecule has 2 unspecified atom stereocenters. The average Bonchev–Trinajstić information content (AvgIpc) is 3.05. The molecule has 278 valence electrons. The summed E-state index contributed by atoms with van der Waals surface area (Å²) in [4.78, 5) is 70.8. The van der Waals surface area contributed by atoms with Gasteiger partial charge >= 0.3 is 35.8 Å². The highest BCUT2D eigenvalue weighted by molar-refractivity contribution is 5.77. The van der Waals surface area contributed by atoms with Crippen molar-refractivity contribution in [2.75, 3.05) is 0 Å². The Morgan fingerprint density at radius 2 is 0.870 bits per heavy atom. The highest BCUT2D eigenvalue weighted by Crippen LogP contribution is 2.48. The van der Waals surface area contributed by atoms with Crippen molar-refractivity contribution >= 4 is 48.0 Å². The minimum Gasteiger partial charge on any atom is -0.478 e. The zero-order valence-electron chi connectivity index (χ0n) is 30.0. The molecule has 4 aromatic rings. The van der Waals surface area contributed by atoms with E-state index in [0.717, 1.165) is 0 Å². The molecule has 0 aromatic heterocycles. The van der Waals surface area contributed by atoms with Gasteiger partial charge in [0.05, 0.1) is 0 Å². The number of benzene rings is 4. The third-order valence-electron chi connectivity index (χ3n) is 7.20. The van der Waals surface area contributed by atoms with Crippen LogP contribution in [0.4, 0.5) is 0 Å². The number of carbonyl (C=O) groups excluding carboxylic acids is 6. The van der Waals surface area contributed by atoms with Crippen molar-refractivity contribution in [3.8, 4) is 46.0 Å². The van der Waals surface area contributed by atoms with Crippen LogP contribution in [0, 0.1) is 0 Å². The first-order valence-electron chi connectivity index (χ1n) is 16.3. The lowest BCUT2D eigenvalue weighted by atomic mass is 9.95. The molecule has 1 heterocycles. The van der Waals surface area contributed by atoms with Crippen molar-refractivity contribution in [1.82, 2.24) is 0 Å². The van der Waals surface area contributed by atoms with Crippen LogP contribution >= 0.6 is 0 Å². The Hall–Kier alpha value is -6.96. The normalized spacial score (nSPS) is 14.4. The molecule has 0 radical (unpaired) electrons. The first kappa shape index (κ1) is 38.3. The first-order chi connectivity index (χ1) is 25.6. The SMILES string of the molecule is CC(=O)Oc1cc(/C=C/c2ccc3c(c2)OC(c2cc(OC(C)=O)cc(OC(C)=O)c2)C(c2ccc(OC(C)=O)c(OC(C)=O)c2)O3)cc(OC(C)=O)c1. The van der Waals surface area contributed by atoms with Crippen LogP contribution in [0.2, 0.25) is 0 Å². The molecule has 1 aliphatic heterocycles. The summed E-state index contributed by atoms with van der Waals surface area (Å²) in [6, 6.07) is 18.7. The van der Waals surface area contributed by atoms with Gasteiger partial charge in [-0.3, -0.25) is 28.8 Å². The summed E-state index contributed by atoms with van der Waals surface area (Å²) in [6.07, 6.45) is 1.49. The molecule has 0 N–H and O–H groups in total. The Labute approximate surface area is 309 Å². The van der Waals surface area contributed by atoms with Crippen LogP contribution in [0.5, 0.6) is 46.0 Å². The predicted octanol–water partition coefficient (Wildman–Crippen LogP) is 6.66. The van der Waals surface area contributed by atoms with Gasteiger partial charge in [0.2, 0.25) is 0 Å². The number of esters is 6. The third-order valence-corrected chi connectivity index (χ3v) is 7.20. The molecule has 4 aromatic carbocycles. The zero-order chi connectivity index (χ0) is 39.1. The molecule has 0 bridgehead atoms. The van der Waals surface area contributed by atoms with Crippen LogP contribution in [0.3, 0.4) is 0 Å². The van der Waals surface area contributed by atoms with Crippen molar-refractivity contribution in [1.29, 1.82) is 0 Å². The van der Waals surface area contributed by atoms with Crippen molar-refractivity contribution in [2.45, 2.75) is 53.8 Å². The molecule has 5 rings (SSSR count).